The molecule has 21 heavy (non-hydrogen) atoms. The molecule has 7 heteroatoms. The number of aliphatic carboxylic acids is 1. The number of carbonyl (C=O) groups is 2. The normalized spacial score (nSPS) is 11.3. The Kier molecular flexibility index (Phi) is 6.14. The molecule has 0 aromatic heterocycles. The fraction of sp³-hybridized carbons (Fsp3) is 0.357. The van der Waals surface area contributed by atoms with Gasteiger partial charge in [-0.15, -0.1) is 0 Å². The van der Waals surface area contributed by atoms with Crippen LogP contribution in [-0.4, -0.2) is 23.7 Å². The van der Waals surface area contributed by atoms with Crippen LogP contribution in [0, 0.1) is 23.1 Å². The molecule has 112 valence electrons. The zero-order valence-electron chi connectivity index (χ0n) is 11.5. The summed E-state index contributed by atoms with van der Waals surface area (Å²) in [5, 5.41) is 22.5. The number of urea groups is 1. The third kappa shape index (κ3) is 5.48. The number of carbonyl (C=O) groups excluding carboxylic acids is 1. The van der Waals surface area contributed by atoms with Crippen molar-refractivity contribution in [3.05, 3.63) is 29.6 Å². The van der Waals surface area contributed by atoms with E-state index in [2.05, 4.69) is 10.6 Å². The van der Waals surface area contributed by atoms with Gasteiger partial charge in [-0.05, 0) is 24.1 Å². The lowest BCUT2D eigenvalue weighted by Gasteiger charge is -2.14. The lowest BCUT2D eigenvalue weighted by Crippen LogP contribution is -2.33. The summed E-state index contributed by atoms with van der Waals surface area (Å²) in [6.45, 7) is 2.04. The predicted octanol–water partition coefficient (Wildman–Crippen LogP) is 2.32. The fourth-order valence-corrected chi connectivity index (χ4v) is 1.73. The minimum absolute atomic E-state index is 0.0164. The highest BCUT2D eigenvalue weighted by Gasteiger charge is 2.13. The molecule has 0 heterocycles. The molecule has 1 rings (SSSR count). The van der Waals surface area contributed by atoms with Gasteiger partial charge in [0.05, 0.1) is 11.3 Å². The van der Waals surface area contributed by atoms with Crippen molar-refractivity contribution in [2.45, 2.75) is 19.8 Å². The Morgan fingerprint density at radius 1 is 1.48 bits per heavy atom. The minimum atomic E-state index is -0.922. The summed E-state index contributed by atoms with van der Waals surface area (Å²) in [6, 6.07) is 4.67. The molecule has 2 amide bonds. The second-order valence-electron chi connectivity index (χ2n) is 4.51. The molecule has 0 fully saturated rings. The van der Waals surface area contributed by atoms with E-state index in [-0.39, 0.29) is 30.1 Å². The van der Waals surface area contributed by atoms with Gasteiger partial charge in [0.15, 0.2) is 0 Å². The quantitative estimate of drug-likeness (QED) is 0.749. The smallest absolute Gasteiger partial charge is 0.319 e. The van der Waals surface area contributed by atoms with E-state index in [1.165, 1.54) is 6.07 Å². The maximum atomic E-state index is 13.0. The number of nitrogens with one attached hydrogen (secondary N) is 2. The molecule has 0 bridgehead atoms. The number of hydrogen-bond donors (Lipinski definition) is 3. The van der Waals surface area contributed by atoms with Crippen LogP contribution in [-0.2, 0) is 4.79 Å². The number of carboxylic acids is 1. The molecule has 1 aromatic carbocycles. The van der Waals surface area contributed by atoms with Gasteiger partial charge < -0.3 is 15.7 Å². The van der Waals surface area contributed by atoms with Crippen LogP contribution in [0.15, 0.2) is 18.2 Å². The van der Waals surface area contributed by atoms with Crippen LogP contribution in [0.5, 0.6) is 0 Å². The SMILES string of the molecule is CCC(CNC(=O)Nc1ccc(F)cc1C#N)CC(=O)O. The number of nitriles is 1. The number of carboxylic acid groups (broad SMARTS) is 1. The van der Waals surface area contributed by atoms with Crippen molar-refractivity contribution in [3.63, 3.8) is 0 Å². The van der Waals surface area contributed by atoms with Gasteiger partial charge >= 0.3 is 12.0 Å². The molecule has 3 N–H and O–H groups in total. The Bertz CT molecular complexity index is 569. The van der Waals surface area contributed by atoms with Crippen LogP contribution in [0.25, 0.3) is 0 Å². The van der Waals surface area contributed by atoms with Crippen molar-refractivity contribution >= 4 is 17.7 Å². The van der Waals surface area contributed by atoms with E-state index >= 15 is 0 Å². The summed E-state index contributed by atoms with van der Waals surface area (Å²) in [5.41, 5.74) is 0.213. The molecule has 1 atom stereocenters. The summed E-state index contributed by atoms with van der Waals surface area (Å²) in [7, 11) is 0. The number of amides is 2. The highest BCUT2D eigenvalue weighted by Crippen LogP contribution is 2.15. The largest absolute Gasteiger partial charge is 0.481 e. The van der Waals surface area contributed by atoms with Crippen LogP contribution >= 0.6 is 0 Å². The van der Waals surface area contributed by atoms with Crippen molar-refractivity contribution in [2.24, 2.45) is 5.92 Å². The molecular weight excluding hydrogens is 277 g/mol. The Balaban J connectivity index is 2.58. The van der Waals surface area contributed by atoms with Gasteiger partial charge in [-0.1, -0.05) is 13.3 Å². The zero-order valence-corrected chi connectivity index (χ0v) is 11.5. The van der Waals surface area contributed by atoms with Gasteiger partial charge in [-0.2, -0.15) is 5.26 Å². The third-order valence-electron chi connectivity index (χ3n) is 2.94. The van der Waals surface area contributed by atoms with Crippen LogP contribution in [0.4, 0.5) is 14.9 Å². The Hall–Kier alpha value is -2.62. The monoisotopic (exact) mass is 293 g/mol. The summed E-state index contributed by atoms with van der Waals surface area (Å²) in [4.78, 5) is 22.3. The first-order valence-electron chi connectivity index (χ1n) is 6.42. The Morgan fingerprint density at radius 2 is 2.19 bits per heavy atom. The van der Waals surface area contributed by atoms with Crippen LogP contribution < -0.4 is 10.6 Å². The standard InChI is InChI=1S/C14H16FN3O3/c1-2-9(5-13(19)20)8-17-14(21)18-12-4-3-11(15)6-10(12)7-16/h3-4,6,9H,2,5,8H2,1H3,(H,19,20)(H2,17,18,21). The lowest BCUT2D eigenvalue weighted by molar-refractivity contribution is -0.138. The molecule has 0 spiro atoms. The molecule has 1 aromatic rings. The van der Waals surface area contributed by atoms with E-state index < -0.39 is 17.8 Å². The highest BCUT2D eigenvalue weighted by atomic mass is 19.1. The molecule has 0 saturated heterocycles. The minimum Gasteiger partial charge on any atom is -0.481 e. The molecule has 6 nitrogen and oxygen atoms in total. The van der Waals surface area contributed by atoms with E-state index in [9.17, 15) is 14.0 Å². The van der Waals surface area contributed by atoms with E-state index in [0.29, 0.717) is 6.42 Å². The molecule has 0 radical (unpaired) electrons. The maximum absolute atomic E-state index is 13.0. The second kappa shape index (κ2) is 7.85. The Labute approximate surface area is 121 Å². The van der Waals surface area contributed by atoms with Crippen molar-refractivity contribution in [1.29, 1.82) is 5.26 Å². The zero-order chi connectivity index (χ0) is 15.8. The van der Waals surface area contributed by atoms with Crippen LogP contribution in [0.3, 0.4) is 0 Å². The van der Waals surface area contributed by atoms with E-state index in [1.807, 2.05) is 6.92 Å². The molecule has 0 aliphatic heterocycles. The van der Waals surface area contributed by atoms with Gasteiger partial charge in [0.2, 0.25) is 0 Å². The number of rotatable bonds is 6. The summed E-state index contributed by atoms with van der Waals surface area (Å²) < 4.78 is 13.0. The van der Waals surface area contributed by atoms with Crippen LogP contribution in [0.2, 0.25) is 0 Å². The van der Waals surface area contributed by atoms with Crippen molar-refractivity contribution in [3.8, 4) is 6.07 Å². The first-order valence-corrected chi connectivity index (χ1v) is 6.42. The summed E-state index contributed by atoms with van der Waals surface area (Å²) >= 11 is 0. The Morgan fingerprint density at radius 3 is 2.76 bits per heavy atom. The lowest BCUT2D eigenvalue weighted by atomic mass is 10.0. The van der Waals surface area contributed by atoms with E-state index in [0.717, 1.165) is 12.1 Å². The van der Waals surface area contributed by atoms with Crippen molar-refractivity contribution in [1.82, 2.24) is 5.32 Å². The molecule has 0 aliphatic rings. The van der Waals surface area contributed by atoms with E-state index in [4.69, 9.17) is 10.4 Å². The fourth-order valence-electron chi connectivity index (χ4n) is 1.73. The second-order valence-corrected chi connectivity index (χ2v) is 4.51. The van der Waals surface area contributed by atoms with Gasteiger partial charge in [0, 0.05) is 13.0 Å². The predicted molar refractivity (Wildman–Crippen MR) is 74.2 cm³/mol. The number of anilines is 1. The number of benzene rings is 1. The molecule has 0 saturated carbocycles. The summed E-state index contributed by atoms with van der Waals surface area (Å²) in [6.07, 6.45) is 0.587. The van der Waals surface area contributed by atoms with Crippen molar-refractivity contribution < 1.29 is 19.1 Å². The van der Waals surface area contributed by atoms with E-state index in [1.54, 1.807) is 6.07 Å². The maximum Gasteiger partial charge on any atom is 0.319 e. The van der Waals surface area contributed by atoms with Gasteiger partial charge in [0.1, 0.15) is 11.9 Å². The highest BCUT2D eigenvalue weighted by molar-refractivity contribution is 5.90. The number of hydrogen-bond acceptors (Lipinski definition) is 3. The number of nitrogens with zero attached hydrogens (tertiary/aromatic N) is 1. The van der Waals surface area contributed by atoms with Gasteiger partial charge in [-0.3, -0.25) is 4.79 Å². The molecule has 0 aliphatic carbocycles. The molecule has 1 unspecified atom stereocenters. The topological polar surface area (TPSA) is 102 Å². The van der Waals surface area contributed by atoms with Gasteiger partial charge in [-0.25, -0.2) is 9.18 Å². The average Bonchev–Trinajstić information content (AvgIpc) is 2.44. The van der Waals surface area contributed by atoms with Crippen LogP contribution in [0.1, 0.15) is 25.3 Å². The molecular formula is C14H16FN3O3. The average molecular weight is 293 g/mol. The number of halogens is 1. The summed E-state index contributed by atoms with van der Waals surface area (Å²) in [5.74, 6) is -1.66. The van der Waals surface area contributed by atoms with Gasteiger partial charge in [0.25, 0.3) is 0 Å². The van der Waals surface area contributed by atoms with Crippen molar-refractivity contribution in [2.75, 3.05) is 11.9 Å². The first-order chi connectivity index (χ1) is 9.96. The first kappa shape index (κ1) is 16.4. The third-order valence-corrected chi connectivity index (χ3v) is 2.94.